The van der Waals surface area contributed by atoms with Gasteiger partial charge in [-0.25, -0.2) is 22.0 Å². The molecule has 0 atom stereocenters. The molecule has 3 nitrogen and oxygen atoms in total. The van der Waals surface area contributed by atoms with Crippen molar-refractivity contribution in [2.75, 3.05) is 0 Å². The summed E-state index contributed by atoms with van der Waals surface area (Å²) in [5.74, 6) is -3.75. The van der Waals surface area contributed by atoms with Gasteiger partial charge < -0.3 is 14.0 Å². The molecule has 0 spiro atoms. The van der Waals surface area contributed by atoms with Crippen molar-refractivity contribution in [1.82, 2.24) is 0 Å². The predicted octanol–water partition coefficient (Wildman–Crippen LogP) is 7.47. The zero-order valence-corrected chi connectivity index (χ0v) is 21.7. The number of hydrogen-bond donors (Lipinski definition) is 0. The Labute approximate surface area is 222 Å². The van der Waals surface area contributed by atoms with Crippen LogP contribution in [-0.4, -0.2) is 18.3 Å². The fraction of sp³-hybridized carbons (Fsp3) is 0.357. The van der Waals surface area contributed by atoms with Gasteiger partial charge >= 0.3 is 13.2 Å². The Morgan fingerprint density at radius 1 is 0.769 bits per heavy atom. The number of rotatable bonds is 8. The minimum atomic E-state index is -4.48. The maximum Gasteiger partial charge on any atom is 0.495 e. The lowest BCUT2D eigenvalue weighted by molar-refractivity contribution is -0.189. The van der Waals surface area contributed by atoms with Gasteiger partial charge in [0.1, 0.15) is 43.0 Å². The number of halogens is 7. The molecule has 11 heteroatoms. The van der Waals surface area contributed by atoms with Crippen molar-refractivity contribution in [3.05, 3.63) is 82.4 Å². The molecule has 0 bridgehead atoms. The molecule has 208 valence electrons. The highest BCUT2D eigenvalue weighted by Crippen LogP contribution is 2.39. The Bertz CT molecular complexity index is 1320. The number of ether oxygens (including phenoxy) is 1. The highest BCUT2D eigenvalue weighted by atomic mass is 19.3. The highest BCUT2D eigenvalue weighted by Gasteiger charge is 2.52. The van der Waals surface area contributed by atoms with E-state index < -0.39 is 67.4 Å². The van der Waals surface area contributed by atoms with Crippen LogP contribution < -0.4 is 10.2 Å². The molecule has 3 aromatic carbocycles. The second kappa shape index (κ2) is 10.5. The molecule has 0 aromatic heterocycles. The third-order valence-electron chi connectivity index (χ3n) is 7.02. The van der Waals surface area contributed by atoms with Gasteiger partial charge in [-0.1, -0.05) is 12.1 Å². The van der Waals surface area contributed by atoms with Crippen LogP contribution in [0.15, 0.2) is 48.5 Å². The van der Waals surface area contributed by atoms with E-state index in [9.17, 15) is 22.0 Å². The maximum absolute atomic E-state index is 15.0. The van der Waals surface area contributed by atoms with E-state index in [0.29, 0.717) is 12.1 Å². The zero-order valence-electron chi connectivity index (χ0n) is 21.7. The summed E-state index contributed by atoms with van der Waals surface area (Å²) in [5, 5.41) is 0. The summed E-state index contributed by atoms with van der Waals surface area (Å²) < 4.78 is 116. The summed E-state index contributed by atoms with van der Waals surface area (Å²) in [7, 11) is -1.18. The van der Waals surface area contributed by atoms with Crippen LogP contribution in [0.4, 0.5) is 30.7 Å². The van der Waals surface area contributed by atoms with Gasteiger partial charge in [-0.3, -0.25) is 0 Å². The van der Waals surface area contributed by atoms with E-state index in [4.69, 9.17) is 9.31 Å². The summed E-state index contributed by atoms with van der Waals surface area (Å²) in [6.07, 6.45) is -4.48. The highest BCUT2D eigenvalue weighted by molar-refractivity contribution is 6.62. The van der Waals surface area contributed by atoms with Gasteiger partial charge in [0.15, 0.2) is 0 Å². The molecule has 1 saturated heterocycles. The molecule has 4 rings (SSSR count). The zero-order chi connectivity index (χ0) is 28.8. The standard InChI is InChI=1S/C28H26BF7O3/c1-26(2)27(3,4)39-29(38-26)20-11-23(33)25(24(34)12-20)28(35,36)37-21-5-6-22(19(10-21)15-32)18-8-16(13-30)7-17(9-18)14-31/h5-12H,13-15H2,1-4H3. The molecule has 39 heavy (non-hydrogen) atoms. The monoisotopic (exact) mass is 554 g/mol. The van der Waals surface area contributed by atoms with Crippen molar-refractivity contribution in [2.24, 2.45) is 0 Å². The van der Waals surface area contributed by atoms with E-state index in [1.807, 2.05) is 0 Å². The average Bonchev–Trinajstić information content (AvgIpc) is 3.09. The Balaban J connectivity index is 1.63. The topological polar surface area (TPSA) is 27.7 Å². The largest absolute Gasteiger partial charge is 0.495 e. The van der Waals surface area contributed by atoms with E-state index in [-0.39, 0.29) is 33.3 Å². The van der Waals surface area contributed by atoms with Crippen molar-refractivity contribution in [3.8, 4) is 16.9 Å². The van der Waals surface area contributed by atoms with Crippen LogP contribution in [0.5, 0.6) is 5.75 Å². The van der Waals surface area contributed by atoms with Crippen LogP contribution in [0.25, 0.3) is 11.1 Å². The average molecular weight is 554 g/mol. The normalized spacial score (nSPS) is 16.5. The van der Waals surface area contributed by atoms with E-state index in [1.54, 1.807) is 27.7 Å². The molecular weight excluding hydrogens is 528 g/mol. The van der Waals surface area contributed by atoms with Crippen LogP contribution in [0.1, 0.15) is 49.9 Å². The smallest absolute Gasteiger partial charge is 0.429 e. The Hall–Kier alpha value is -3.05. The second-order valence-electron chi connectivity index (χ2n) is 10.3. The van der Waals surface area contributed by atoms with Gasteiger partial charge in [0.25, 0.3) is 0 Å². The molecular formula is C28H26BF7O3. The fourth-order valence-corrected chi connectivity index (χ4v) is 4.28. The molecule has 1 aliphatic heterocycles. The van der Waals surface area contributed by atoms with Crippen molar-refractivity contribution in [1.29, 1.82) is 0 Å². The van der Waals surface area contributed by atoms with Crippen molar-refractivity contribution < 1.29 is 44.8 Å². The molecule has 3 aromatic rings. The molecule has 0 unspecified atom stereocenters. The van der Waals surface area contributed by atoms with Gasteiger partial charge in [-0.05, 0) is 97.4 Å². The van der Waals surface area contributed by atoms with E-state index in [1.165, 1.54) is 24.3 Å². The Morgan fingerprint density at radius 3 is 1.79 bits per heavy atom. The van der Waals surface area contributed by atoms with E-state index >= 15 is 8.78 Å². The number of benzene rings is 3. The van der Waals surface area contributed by atoms with Crippen LogP contribution in [0.3, 0.4) is 0 Å². The first kappa shape index (κ1) is 29.0. The number of hydrogen-bond acceptors (Lipinski definition) is 3. The van der Waals surface area contributed by atoms with Crippen molar-refractivity contribution in [2.45, 2.75) is 65.0 Å². The quantitative estimate of drug-likeness (QED) is 0.214. The minimum Gasteiger partial charge on any atom is -0.429 e. The molecule has 0 aliphatic carbocycles. The summed E-state index contributed by atoms with van der Waals surface area (Å²) in [6.45, 7) is 4.01. The van der Waals surface area contributed by atoms with Crippen molar-refractivity contribution in [3.63, 3.8) is 0 Å². The maximum atomic E-state index is 15.0. The first-order chi connectivity index (χ1) is 18.2. The lowest BCUT2D eigenvalue weighted by atomic mass is 9.78. The molecule has 1 fully saturated rings. The molecule has 0 radical (unpaired) electrons. The summed E-state index contributed by atoms with van der Waals surface area (Å²) in [4.78, 5) is 0. The molecule has 0 saturated carbocycles. The predicted molar refractivity (Wildman–Crippen MR) is 133 cm³/mol. The van der Waals surface area contributed by atoms with Crippen LogP contribution >= 0.6 is 0 Å². The van der Waals surface area contributed by atoms with Gasteiger partial charge in [0.05, 0.1) is 11.2 Å². The minimum absolute atomic E-state index is 0.124. The summed E-state index contributed by atoms with van der Waals surface area (Å²) in [6, 6.07) is 8.68. The van der Waals surface area contributed by atoms with E-state index in [2.05, 4.69) is 4.74 Å². The molecule has 0 amide bonds. The Kier molecular flexibility index (Phi) is 7.79. The van der Waals surface area contributed by atoms with Crippen LogP contribution in [-0.2, 0) is 35.4 Å². The van der Waals surface area contributed by atoms with Gasteiger partial charge in [0.2, 0.25) is 0 Å². The summed E-state index contributed by atoms with van der Waals surface area (Å²) >= 11 is 0. The molecule has 1 heterocycles. The summed E-state index contributed by atoms with van der Waals surface area (Å²) in [5.41, 5.74) is -2.75. The SMILES string of the molecule is CC1(C)OB(c2cc(F)c(C(F)(F)Oc3ccc(-c4cc(CF)cc(CF)c4)c(CF)c3)c(F)c2)OC1(C)C. The lowest BCUT2D eigenvalue weighted by Crippen LogP contribution is -2.41. The van der Waals surface area contributed by atoms with Gasteiger partial charge in [-0.2, -0.15) is 8.78 Å². The fourth-order valence-electron chi connectivity index (χ4n) is 4.28. The van der Waals surface area contributed by atoms with Crippen LogP contribution in [0, 0.1) is 11.6 Å². The first-order valence-electron chi connectivity index (χ1n) is 12.1. The first-order valence-corrected chi connectivity index (χ1v) is 12.1. The molecule has 1 aliphatic rings. The Morgan fingerprint density at radius 2 is 1.31 bits per heavy atom. The lowest BCUT2D eigenvalue weighted by Gasteiger charge is -2.32. The third-order valence-corrected chi connectivity index (χ3v) is 7.02. The molecule has 0 N–H and O–H groups in total. The van der Waals surface area contributed by atoms with Crippen LogP contribution in [0.2, 0.25) is 0 Å². The van der Waals surface area contributed by atoms with Gasteiger partial charge in [0, 0.05) is 0 Å². The van der Waals surface area contributed by atoms with Crippen molar-refractivity contribution >= 4 is 12.6 Å². The second-order valence-corrected chi connectivity index (χ2v) is 10.3. The van der Waals surface area contributed by atoms with Gasteiger partial charge in [-0.15, -0.1) is 0 Å². The number of alkyl halides is 5. The third kappa shape index (κ3) is 5.65. The van der Waals surface area contributed by atoms with E-state index in [0.717, 1.165) is 12.1 Å².